The quantitative estimate of drug-likeness (QED) is 0.247. The van der Waals surface area contributed by atoms with Gasteiger partial charge in [-0.1, -0.05) is 58.6 Å². The van der Waals surface area contributed by atoms with Crippen LogP contribution < -0.4 is 10.6 Å². The van der Waals surface area contributed by atoms with Crippen LogP contribution in [0.15, 0.2) is 60.7 Å². The molecule has 0 unspecified atom stereocenters. The van der Waals surface area contributed by atoms with Crippen LogP contribution in [0.5, 0.6) is 0 Å². The van der Waals surface area contributed by atoms with Gasteiger partial charge in [0, 0.05) is 31.5 Å². The monoisotopic (exact) mass is 524 g/mol. The first-order chi connectivity index (χ1) is 16.3. The fraction of sp³-hybridized carbons (Fsp3) is 0.0769. The minimum atomic E-state index is -0.261. The molecule has 0 atom stereocenters. The summed E-state index contributed by atoms with van der Waals surface area (Å²) in [6.07, 6.45) is 0. The van der Waals surface area contributed by atoms with E-state index >= 15 is 0 Å². The van der Waals surface area contributed by atoms with Gasteiger partial charge >= 0.3 is 0 Å². The fourth-order valence-electron chi connectivity index (χ4n) is 3.57. The van der Waals surface area contributed by atoms with Gasteiger partial charge in [-0.25, -0.2) is 0 Å². The van der Waals surface area contributed by atoms with Gasteiger partial charge in [-0.15, -0.1) is 22.7 Å². The maximum Gasteiger partial charge on any atom is 0.267 e. The second kappa shape index (κ2) is 9.04. The lowest BCUT2D eigenvalue weighted by Gasteiger charge is -2.04. The van der Waals surface area contributed by atoms with Crippen LogP contribution in [-0.4, -0.2) is 11.8 Å². The number of fused-ring (bicyclic) bond motifs is 2. The van der Waals surface area contributed by atoms with Gasteiger partial charge in [0.2, 0.25) is 0 Å². The van der Waals surface area contributed by atoms with Gasteiger partial charge in [-0.3, -0.25) is 9.59 Å². The Kier molecular flexibility index (Phi) is 6.08. The summed E-state index contributed by atoms with van der Waals surface area (Å²) in [6, 6.07) is 18.9. The van der Waals surface area contributed by atoms with E-state index in [4.69, 9.17) is 23.2 Å². The van der Waals surface area contributed by atoms with E-state index in [0.717, 1.165) is 31.3 Å². The molecule has 170 valence electrons. The van der Waals surface area contributed by atoms with E-state index in [0.29, 0.717) is 31.2 Å². The van der Waals surface area contributed by atoms with Crippen LogP contribution in [0.2, 0.25) is 10.0 Å². The topological polar surface area (TPSA) is 58.2 Å². The van der Waals surface area contributed by atoms with E-state index in [9.17, 15) is 9.59 Å². The first-order valence-corrected chi connectivity index (χ1v) is 12.8. The second-order valence-electron chi connectivity index (χ2n) is 7.98. The summed E-state index contributed by atoms with van der Waals surface area (Å²) in [4.78, 5) is 26.6. The minimum absolute atomic E-state index is 0.261. The molecule has 5 rings (SSSR count). The molecular formula is C26H18Cl2N2O2S2. The molecule has 0 aliphatic rings. The van der Waals surface area contributed by atoms with E-state index in [1.165, 1.54) is 22.7 Å². The van der Waals surface area contributed by atoms with E-state index in [1.807, 2.05) is 74.5 Å². The summed E-state index contributed by atoms with van der Waals surface area (Å²) in [5, 5.41) is 8.09. The van der Waals surface area contributed by atoms with Crippen molar-refractivity contribution in [2.45, 2.75) is 13.8 Å². The standard InChI is InChI=1S/C26H18Cl2N2O2S2/c1-13-3-7-15(8-4-13)29-25(31)23-21(27)17-11-20-18(12-19(17)33-23)22(28)24(34-20)26(32)30-16-9-5-14(2)6-10-16/h3-12H,1-2H3,(H,29,31)(H,30,32). The lowest BCUT2D eigenvalue weighted by molar-refractivity contribution is 0.102. The van der Waals surface area contributed by atoms with Gasteiger partial charge < -0.3 is 10.6 Å². The smallest absolute Gasteiger partial charge is 0.267 e. The van der Waals surface area contributed by atoms with Crippen LogP contribution in [-0.2, 0) is 0 Å². The van der Waals surface area contributed by atoms with Crippen molar-refractivity contribution in [3.63, 3.8) is 0 Å². The molecule has 0 spiro atoms. The number of nitrogens with one attached hydrogen (secondary N) is 2. The third-order valence-electron chi connectivity index (χ3n) is 5.41. The van der Waals surface area contributed by atoms with Crippen molar-refractivity contribution >= 4 is 89.2 Å². The van der Waals surface area contributed by atoms with Crippen LogP contribution in [0.25, 0.3) is 20.2 Å². The Bertz CT molecular complexity index is 1450. The Balaban J connectivity index is 1.46. The maximum atomic E-state index is 12.9. The molecule has 34 heavy (non-hydrogen) atoms. The molecule has 2 N–H and O–H groups in total. The number of benzene rings is 3. The lowest BCUT2D eigenvalue weighted by Crippen LogP contribution is -2.10. The molecule has 2 aromatic heterocycles. The highest BCUT2D eigenvalue weighted by atomic mass is 35.5. The summed E-state index contributed by atoms with van der Waals surface area (Å²) in [5.41, 5.74) is 3.64. The van der Waals surface area contributed by atoms with E-state index in [-0.39, 0.29) is 11.8 Å². The van der Waals surface area contributed by atoms with Crippen LogP contribution in [0.1, 0.15) is 30.5 Å². The molecule has 2 amide bonds. The highest BCUT2D eigenvalue weighted by molar-refractivity contribution is 7.23. The minimum Gasteiger partial charge on any atom is -0.321 e. The average molecular weight is 525 g/mol. The second-order valence-corrected chi connectivity index (χ2v) is 10.8. The molecule has 4 nitrogen and oxygen atoms in total. The van der Waals surface area contributed by atoms with Crippen LogP contribution >= 0.6 is 45.9 Å². The lowest BCUT2D eigenvalue weighted by atomic mass is 10.2. The van der Waals surface area contributed by atoms with Crippen molar-refractivity contribution in [2.24, 2.45) is 0 Å². The zero-order valence-electron chi connectivity index (χ0n) is 18.2. The van der Waals surface area contributed by atoms with Crippen molar-refractivity contribution < 1.29 is 9.59 Å². The van der Waals surface area contributed by atoms with Crippen LogP contribution in [0, 0.1) is 13.8 Å². The zero-order valence-corrected chi connectivity index (χ0v) is 21.3. The Labute approximate surface area is 214 Å². The Morgan fingerprint density at radius 3 is 1.35 bits per heavy atom. The summed E-state index contributed by atoms with van der Waals surface area (Å²) >= 11 is 15.8. The number of halogens is 2. The molecular weight excluding hydrogens is 507 g/mol. The van der Waals surface area contributed by atoms with E-state index < -0.39 is 0 Å². The summed E-state index contributed by atoms with van der Waals surface area (Å²) < 4.78 is 1.66. The number of hydrogen-bond donors (Lipinski definition) is 2. The number of rotatable bonds is 4. The third-order valence-corrected chi connectivity index (χ3v) is 8.72. The van der Waals surface area contributed by atoms with Crippen LogP contribution in [0.4, 0.5) is 11.4 Å². The number of aryl methyl sites for hydroxylation is 2. The molecule has 0 saturated carbocycles. The molecule has 3 aromatic carbocycles. The molecule has 0 radical (unpaired) electrons. The third kappa shape index (κ3) is 4.30. The maximum absolute atomic E-state index is 12.9. The number of thiophene rings is 2. The molecule has 0 aliphatic carbocycles. The summed E-state index contributed by atoms with van der Waals surface area (Å²) in [7, 11) is 0. The molecule has 8 heteroatoms. The van der Waals surface area contributed by atoms with Gasteiger partial charge in [0.1, 0.15) is 9.75 Å². The van der Waals surface area contributed by atoms with Gasteiger partial charge in [-0.2, -0.15) is 0 Å². The number of anilines is 2. The molecule has 0 aliphatic heterocycles. The van der Waals surface area contributed by atoms with Gasteiger partial charge in [-0.05, 0) is 50.2 Å². The first kappa shape index (κ1) is 22.9. The normalized spacial score (nSPS) is 11.2. The fourth-order valence-corrected chi connectivity index (χ4v) is 6.42. The van der Waals surface area contributed by atoms with E-state index in [2.05, 4.69) is 10.6 Å². The van der Waals surface area contributed by atoms with Crippen molar-refractivity contribution in [3.8, 4) is 0 Å². The van der Waals surface area contributed by atoms with Gasteiger partial charge in [0.05, 0.1) is 10.0 Å². The summed E-state index contributed by atoms with van der Waals surface area (Å²) in [6.45, 7) is 3.98. The zero-order chi connectivity index (χ0) is 24.0. The molecule has 0 saturated heterocycles. The van der Waals surface area contributed by atoms with Gasteiger partial charge in [0.25, 0.3) is 11.8 Å². The Morgan fingerprint density at radius 2 is 1.00 bits per heavy atom. The molecule has 2 heterocycles. The number of amides is 2. The van der Waals surface area contributed by atoms with Crippen molar-refractivity contribution in [1.82, 2.24) is 0 Å². The SMILES string of the molecule is Cc1ccc(NC(=O)c2sc3cc4c(Cl)c(C(=O)Nc5ccc(C)cc5)sc4cc3c2Cl)cc1. The highest BCUT2D eigenvalue weighted by Gasteiger charge is 2.22. The van der Waals surface area contributed by atoms with Crippen molar-refractivity contribution in [3.05, 3.63) is 91.6 Å². The average Bonchev–Trinajstić information content (AvgIpc) is 3.32. The molecule has 5 aromatic rings. The largest absolute Gasteiger partial charge is 0.321 e. The molecule has 0 fully saturated rings. The van der Waals surface area contributed by atoms with Gasteiger partial charge in [0.15, 0.2) is 0 Å². The Hall–Kier alpha value is -2.90. The number of carbonyl (C=O) groups is 2. The highest BCUT2D eigenvalue weighted by Crippen LogP contribution is 2.43. The van der Waals surface area contributed by atoms with Crippen molar-refractivity contribution in [1.29, 1.82) is 0 Å². The summed E-state index contributed by atoms with van der Waals surface area (Å²) in [5.74, 6) is -0.523. The predicted molar refractivity (Wildman–Crippen MR) is 145 cm³/mol. The van der Waals surface area contributed by atoms with Crippen LogP contribution in [0.3, 0.4) is 0 Å². The first-order valence-electron chi connectivity index (χ1n) is 10.4. The Morgan fingerprint density at radius 1 is 0.647 bits per heavy atom. The number of hydrogen-bond acceptors (Lipinski definition) is 4. The van der Waals surface area contributed by atoms with Crippen molar-refractivity contribution in [2.75, 3.05) is 10.6 Å². The number of carbonyl (C=O) groups excluding carboxylic acids is 2. The molecule has 0 bridgehead atoms. The predicted octanol–water partition coefficient (Wildman–Crippen LogP) is 8.54. The van der Waals surface area contributed by atoms with E-state index in [1.54, 1.807) is 0 Å².